The van der Waals surface area contributed by atoms with Gasteiger partial charge < -0.3 is 10.8 Å². The number of hydrogen-bond acceptors (Lipinski definition) is 3. The van der Waals surface area contributed by atoms with E-state index in [1.54, 1.807) is 6.92 Å². The van der Waals surface area contributed by atoms with Gasteiger partial charge in [0.05, 0.1) is 0 Å². The number of nitrogen functional groups attached to an aromatic ring is 1. The van der Waals surface area contributed by atoms with Crippen molar-refractivity contribution in [3.63, 3.8) is 0 Å². The molecule has 0 saturated heterocycles. The summed E-state index contributed by atoms with van der Waals surface area (Å²) < 4.78 is 0. The van der Waals surface area contributed by atoms with Crippen LogP contribution >= 0.6 is 0 Å². The molecule has 0 aliphatic rings. The number of anilines is 1. The van der Waals surface area contributed by atoms with Gasteiger partial charge in [0.2, 0.25) is 0 Å². The molecule has 10 heavy (non-hydrogen) atoms. The Morgan fingerprint density at radius 1 is 1.80 bits per heavy atom. The monoisotopic (exact) mass is 141 g/mol. The Hall–Kier alpha value is -1.52. The number of aromatic carboxylic acids is 1. The third-order valence-electron chi connectivity index (χ3n) is 1.25. The van der Waals surface area contributed by atoms with Crippen LogP contribution in [-0.2, 0) is 0 Å². The van der Waals surface area contributed by atoms with E-state index in [0.29, 0.717) is 11.4 Å². The van der Waals surface area contributed by atoms with Crippen LogP contribution in [0.25, 0.3) is 0 Å². The van der Waals surface area contributed by atoms with Crippen molar-refractivity contribution in [2.75, 3.05) is 5.73 Å². The second-order valence-corrected chi connectivity index (χ2v) is 1.92. The summed E-state index contributed by atoms with van der Waals surface area (Å²) >= 11 is 0. The Kier molecular flexibility index (Phi) is 1.33. The number of hydrogen-bond donors (Lipinski definition) is 3. The molecule has 0 aromatic carbocycles. The zero-order valence-corrected chi connectivity index (χ0v) is 5.38. The Balaban J connectivity index is 3.17. The molecule has 1 heterocycles. The Bertz CT molecular complexity index is 266. The van der Waals surface area contributed by atoms with E-state index in [1.165, 1.54) is 0 Å². The van der Waals surface area contributed by atoms with Crippen LogP contribution in [0.1, 0.15) is 16.1 Å². The lowest BCUT2D eigenvalue weighted by Gasteiger charge is -1.87. The van der Waals surface area contributed by atoms with E-state index in [4.69, 9.17) is 10.8 Å². The summed E-state index contributed by atoms with van der Waals surface area (Å²) in [5, 5.41) is 14.3. The normalized spacial score (nSPS) is 9.70. The van der Waals surface area contributed by atoms with Crippen molar-refractivity contribution in [1.82, 2.24) is 10.2 Å². The molecule has 0 spiro atoms. The van der Waals surface area contributed by atoms with Gasteiger partial charge in [-0.3, -0.25) is 5.10 Å². The lowest BCUT2D eigenvalue weighted by Crippen LogP contribution is -1.98. The Morgan fingerprint density at radius 2 is 2.40 bits per heavy atom. The van der Waals surface area contributed by atoms with Gasteiger partial charge in [0.15, 0.2) is 5.69 Å². The first-order valence-corrected chi connectivity index (χ1v) is 2.66. The van der Waals surface area contributed by atoms with Crippen molar-refractivity contribution in [3.8, 4) is 0 Å². The van der Waals surface area contributed by atoms with Gasteiger partial charge in [-0.15, -0.1) is 0 Å². The number of carbonyl (C=O) groups is 1. The first-order chi connectivity index (χ1) is 4.63. The summed E-state index contributed by atoms with van der Waals surface area (Å²) in [6, 6.07) is 0. The number of H-pyrrole nitrogens is 1. The number of aromatic nitrogens is 2. The lowest BCUT2D eigenvalue weighted by molar-refractivity contribution is 0.0689. The van der Waals surface area contributed by atoms with Crippen molar-refractivity contribution >= 4 is 11.8 Å². The maximum absolute atomic E-state index is 10.3. The van der Waals surface area contributed by atoms with Gasteiger partial charge in [0, 0.05) is 5.56 Å². The number of carboxylic acid groups (broad SMARTS) is 1. The van der Waals surface area contributed by atoms with Gasteiger partial charge in [-0.05, 0) is 6.92 Å². The van der Waals surface area contributed by atoms with E-state index in [0.717, 1.165) is 0 Å². The molecule has 1 rings (SSSR count). The predicted octanol–water partition coefficient (Wildman–Crippen LogP) is -0.00148. The van der Waals surface area contributed by atoms with Crippen LogP contribution in [0.15, 0.2) is 0 Å². The van der Waals surface area contributed by atoms with E-state index in [1.807, 2.05) is 0 Å². The van der Waals surface area contributed by atoms with Crippen molar-refractivity contribution in [2.24, 2.45) is 0 Å². The van der Waals surface area contributed by atoms with E-state index >= 15 is 0 Å². The van der Waals surface area contributed by atoms with Gasteiger partial charge >= 0.3 is 5.97 Å². The smallest absolute Gasteiger partial charge is 0.356 e. The molecule has 0 amide bonds. The van der Waals surface area contributed by atoms with Gasteiger partial charge in [-0.1, -0.05) is 0 Å². The van der Waals surface area contributed by atoms with E-state index in [9.17, 15) is 4.79 Å². The average Bonchev–Trinajstić information content (AvgIpc) is 2.14. The molecular formula is C5H7N3O2. The lowest BCUT2D eigenvalue weighted by atomic mass is 10.2. The van der Waals surface area contributed by atoms with Crippen LogP contribution in [-0.4, -0.2) is 21.3 Å². The highest BCUT2D eigenvalue weighted by Gasteiger charge is 2.12. The van der Waals surface area contributed by atoms with Crippen LogP contribution in [0.5, 0.6) is 0 Å². The van der Waals surface area contributed by atoms with E-state index < -0.39 is 5.97 Å². The zero-order valence-electron chi connectivity index (χ0n) is 5.38. The number of nitrogens with two attached hydrogens (primary N) is 1. The molecule has 0 atom stereocenters. The molecule has 0 unspecified atom stereocenters. The molecule has 0 aliphatic heterocycles. The van der Waals surface area contributed by atoms with Crippen molar-refractivity contribution in [1.29, 1.82) is 0 Å². The van der Waals surface area contributed by atoms with Crippen LogP contribution in [0.2, 0.25) is 0 Å². The number of nitrogens with one attached hydrogen (secondary N) is 1. The average molecular weight is 141 g/mol. The van der Waals surface area contributed by atoms with E-state index in [2.05, 4.69) is 10.2 Å². The number of carboxylic acids is 1. The van der Waals surface area contributed by atoms with Gasteiger partial charge in [0.25, 0.3) is 0 Å². The summed E-state index contributed by atoms with van der Waals surface area (Å²) in [4.78, 5) is 10.3. The van der Waals surface area contributed by atoms with Gasteiger partial charge in [-0.2, -0.15) is 5.10 Å². The van der Waals surface area contributed by atoms with Crippen molar-refractivity contribution in [3.05, 3.63) is 11.3 Å². The molecule has 0 radical (unpaired) electrons. The summed E-state index contributed by atoms with van der Waals surface area (Å²) in [5.74, 6) is -0.761. The molecule has 4 N–H and O–H groups in total. The first-order valence-electron chi connectivity index (χ1n) is 2.66. The fourth-order valence-corrected chi connectivity index (χ4v) is 0.620. The maximum Gasteiger partial charge on any atom is 0.356 e. The summed E-state index contributed by atoms with van der Waals surface area (Å²) in [7, 11) is 0. The third kappa shape index (κ3) is 0.812. The molecule has 0 fully saturated rings. The number of nitrogens with zero attached hydrogens (tertiary/aromatic N) is 1. The summed E-state index contributed by atoms with van der Waals surface area (Å²) in [6.07, 6.45) is 0. The number of rotatable bonds is 1. The van der Waals surface area contributed by atoms with Gasteiger partial charge in [-0.25, -0.2) is 4.79 Å². The standard InChI is InChI=1S/C5H7N3O2/c1-2-3(5(9)10)7-8-4(2)6/h1H3,(H,9,10)(H3,6,7,8). The minimum atomic E-state index is -1.06. The Labute approximate surface area is 56.9 Å². The predicted molar refractivity (Wildman–Crippen MR) is 34.7 cm³/mol. The van der Waals surface area contributed by atoms with Crippen LogP contribution in [0.3, 0.4) is 0 Å². The minimum Gasteiger partial charge on any atom is -0.476 e. The summed E-state index contributed by atoms with van der Waals surface area (Å²) in [6.45, 7) is 1.60. The van der Waals surface area contributed by atoms with E-state index in [-0.39, 0.29) is 5.69 Å². The fraction of sp³-hybridized carbons (Fsp3) is 0.200. The van der Waals surface area contributed by atoms with Crippen LogP contribution in [0, 0.1) is 6.92 Å². The molecule has 5 nitrogen and oxygen atoms in total. The second kappa shape index (κ2) is 2.02. The van der Waals surface area contributed by atoms with Gasteiger partial charge in [0.1, 0.15) is 5.82 Å². The molecule has 1 aromatic rings. The topological polar surface area (TPSA) is 92.0 Å². The minimum absolute atomic E-state index is 0.0162. The Morgan fingerprint density at radius 3 is 2.60 bits per heavy atom. The third-order valence-corrected chi connectivity index (χ3v) is 1.25. The van der Waals surface area contributed by atoms with Crippen molar-refractivity contribution in [2.45, 2.75) is 6.92 Å². The second-order valence-electron chi connectivity index (χ2n) is 1.92. The molecular weight excluding hydrogens is 134 g/mol. The number of aromatic amines is 1. The van der Waals surface area contributed by atoms with Crippen LogP contribution in [0.4, 0.5) is 5.82 Å². The molecule has 0 aliphatic carbocycles. The first kappa shape index (κ1) is 6.60. The van der Waals surface area contributed by atoms with Crippen molar-refractivity contribution < 1.29 is 9.90 Å². The fourth-order valence-electron chi connectivity index (χ4n) is 0.620. The highest BCUT2D eigenvalue weighted by atomic mass is 16.4. The largest absolute Gasteiger partial charge is 0.476 e. The molecule has 54 valence electrons. The maximum atomic E-state index is 10.3. The molecule has 0 saturated carbocycles. The molecule has 5 heteroatoms. The highest BCUT2D eigenvalue weighted by Crippen LogP contribution is 2.09. The molecule has 0 bridgehead atoms. The highest BCUT2D eigenvalue weighted by molar-refractivity contribution is 5.88. The SMILES string of the molecule is Cc1c(C(=O)O)n[nH]c1N. The summed E-state index contributed by atoms with van der Waals surface area (Å²) in [5.41, 5.74) is 5.76. The zero-order chi connectivity index (χ0) is 7.72. The van der Waals surface area contributed by atoms with Crippen LogP contribution < -0.4 is 5.73 Å². The quantitative estimate of drug-likeness (QED) is 0.513. The molecule has 1 aromatic heterocycles.